The van der Waals surface area contributed by atoms with Crippen LogP contribution in [0.25, 0.3) is 0 Å². The molecule has 1 heterocycles. The smallest absolute Gasteiger partial charge is 0.248 e. The van der Waals surface area contributed by atoms with Crippen LogP contribution < -0.4 is 10.5 Å². The zero-order valence-electron chi connectivity index (χ0n) is 13.1. The molecule has 0 radical (unpaired) electrons. The number of hydrogen-bond acceptors (Lipinski definition) is 3. The van der Waals surface area contributed by atoms with E-state index in [4.69, 9.17) is 27.1 Å². The summed E-state index contributed by atoms with van der Waals surface area (Å²) in [7, 11) is 0. The fraction of sp³-hybridized carbons (Fsp3) is 0. The minimum absolute atomic E-state index is 0.445. The van der Waals surface area contributed by atoms with Crippen LogP contribution in [0.15, 0.2) is 71.7 Å². The number of carbonyl (C=O) groups is 1. The van der Waals surface area contributed by atoms with Crippen LogP contribution in [0.2, 0.25) is 5.02 Å². The molecule has 0 saturated carbocycles. The number of ether oxygens (including phenoxy) is 1. The van der Waals surface area contributed by atoms with Crippen LogP contribution in [-0.2, 0) is 0 Å². The molecule has 4 nitrogen and oxygen atoms in total. The molecule has 25 heavy (non-hydrogen) atoms. The van der Waals surface area contributed by atoms with E-state index in [0.717, 1.165) is 22.5 Å². The minimum Gasteiger partial charge on any atom is -0.454 e. The summed E-state index contributed by atoms with van der Waals surface area (Å²) >= 11 is 6.19. The molecular formula is C20H13ClN2O2. The lowest BCUT2D eigenvalue weighted by molar-refractivity contribution is 0.100. The monoisotopic (exact) mass is 348 g/mol. The lowest BCUT2D eigenvalue weighted by Crippen LogP contribution is -2.11. The predicted octanol–water partition coefficient (Wildman–Crippen LogP) is 4.71. The quantitative estimate of drug-likeness (QED) is 0.570. The minimum atomic E-state index is -0.466. The highest BCUT2D eigenvalue weighted by atomic mass is 35.5. The van der Waals surface area contributed by atoms with Gasteiger partial charge in [0.25, 0.3) is 0 Å². The summed E-state index contributed by atoms with van der Waals surface area (Å²) in [4.78, 5) is 16.1. The van der Waals surface area contributed by atoms with Crippen molar-refractivity contribution in [1.82, 2.24) is 0 Å². The van der Waals surface area contributed by atoms with E-state index in [1.807, 2.05) is 48.5 Å². The highest BCUT2D eigenvalue weighted by molar-refractivity contribution is 6.31. The Kier molecular flexibility index (Phi) is 3.75. The van der Waals surface area contributed by atoms with Crippen molar-refractivity contribution in [3.63, 3.8) is 0 Å². The van der Waals surface area contributed by atoms with E-state index in [0.29, 0.717) is 22.1 Å². The fourth-order valence-electron chi connectivity index (χ4n) is 2.72. The molecule has 0 spiro atoms. The van der Waals surface area contributed by atoms with E-state index in [9.17, 15) is 4.79 Å². The average Bonchev–Trinajstić information content (AvgIpc) is 2.78. The van der Waals surface area contributed by atoms with Gasteiger partial charge in [-0.1, -0.05) is 35.9 Å². The maximum absolute atomic E-state index is 11.3. The Bertz CT molecular complexity index is 1010. The Labute approximate surface area is 149 Å². The van der Waals surface area contributed by atoms with Gasteiger partial charge in [0.1, 0.15) is 11.4 Å². The first-order valence-electron chi connectivity index (χ1n) is 7.67. The first-order valence-corrected chi connectivity index (χ1v) is 8.05. The number of rotatable bonds is 2. The molecule has 0 aromatic heterocycles. The number of hydrogen-bond donors (Lipinski definition) is 1. The van der Waals surface area contributed by atoms with Crippen molar-refractivity contribution in [2.75, 3.05) is 0 Å². The lowest BCUT2D eigenvalue weighted by atomic mass is 10.00. The van der Waals surface area contributed by atoms with Gasteiger partial charge in [-0.25, -0.2) is 4.99 Å². The van der Waals surface area contributed by atoms with Gasteiger partial charge in [-0.05, 0) is 42.5 Å². The van der Waals surface area contributed by atoms with Gasteiger partial charge < -0.3 is 10.5 Å². The van der Waals surface area contributed by atoms with Crippen molar-refractivity contribution < 1.29 is 9.53 Å². The summed E-state index contributed by atoms with van der Waals surface area (Å²) < 4.78 is 6.02. The number of primary amides is 1. The molecule has 3 aromatic rings. The molecular weight excluding hydrogens is 336 g/mol. The van der Waals surface area contributed by atoms with Crippen LogP contribution in [0.3, 0.4) is 0 Å². The van der Waals surface area contributed by atoms with Gasteiger partial charge in [-0.3, -0.25) is 4.79 Å². The Morgan fingerprint density at radius 1 is 0.960 bits per heavy atom. The third kappa shape index (κ3) is 2.88. The second-order valence-corrected chi connectivity index (χ2v) is 6.05. The van der Waals surface area contributed by atoms with E-state index in [-0.39, 0.29) is 0 Å². The molecule has 1 aliphatic rings. The van der Waals surface area contributed by atoms with Gasteiger partial charge in [0, 0.05) is 21.7 Å². The first kappa shape index (κ1) is 15.4. The van der Waals surface area contributed by atoms with Gasteiger partial charge in [0.2, 0.25) is 5.91 Å². The number of carbonyl (C=O) groups excluding carboxylic acids is 1. The summed E-state index contributed by atoms with van der Waals surface area (Å²) in [5.74, 6) is 0.883. The maximum Gasteiger partial charge on any atom is 0.248 e. The summed E-state index contributed by atoms with van der Waals surface area (Å²) in [6.07, 6.45) is 0. The standard InChI is InChI=1S/C20H13ClN2O2/c21-14-9-10-17-15(11-14)19(12-5-7-13(8-6-12)20(22)24)23-16-3-1-2-4-18(16)25-17/h1-11H,(H2,22,24). The Hall–Kier alpha value is -3.11. The number of benzene rings is 3. The van der Waals surface area contributed by atoms with E-state index in [1.54, 1.807) is 18.2 Å². The van der Waals surface area contributed by atoms with Crippen molar-refractivity contribution in [2.24, 2.45) is 10.7 Å². The zero-order chi connectivity index (χ0) is 17.4. The average molecular weight is 349 g/mol. The van der Waals surface area contributed by atoms with Crippen LogP contribution >= 0.6 is 11.6 Å². The number of nitrogens with zero attached hydrogens (tertiary/aromatic N) is 1. The van der Waals surface area contributed by atoms with Crippen LogP contribution in [0.1, 0.15) is 21.5 Å². The van der Waals surface area contributed by atoms with Crippen molar-refractivity contribution >= 4 is 28.9 Å². The van der Waals surface area contributed by atoms with Gasteiger partial charge >= 0.3 is 0 Å². The second-order valence-electron chi connectivity index (χ2n) is 5.61. The Morgan fingerprint density at radius 3 is 2.48 bits per heavy atom. The highest BCUT2D eigenvalue weighted by Gasteiger charge is 2.20. The first-order chi connectivity index (χ1) is 12.1. The number of halogens is 1. The van der Waals surface area contributed by atoms with Gasteiger partial charge in [0.05, 0.1) is 5.71 Å². The van der Waals surface area contributed by atoms with Crippen molar-refractivity contribution in [2.45, 2.75) is 0 Å². The number of fused-ring (bicyclic) bond motifs is 2. The number of amides is 1. The SMILES string of the molecule is NC(=O)c1ccc(C2=Nc3ccccc3Oc3ccc(Cl)cc32)cc1. The summed E-state index contributed by atoms with van der Waals surface area (Å²) in [6.45, 7) is 0. The molecule has 1 amide bonds. The molecule has 1 aliphatic heterocycles. The Balaban J connectivity index is 1.93. The highest BCUT2D eigenvalue weighted by Crippen LogP contribution is 2.39. The van der Waals surface area contributed by atoms with Gasteiger partial charge in [0.15, 0.2) is 5.75 Å². The van der Waals surface area contributed by atoms with Crippen LogP contribution in [0.4, 0.5) is 5.69 Å². The fourth-order valence-corrected chi connectivity index (χ4v) is 2.90. The predicted molar refractivity (Wildman–Crippen MR) is 98.2 cm³/mol. The molecule has 5 heteroatoms. The number of nitrogens with two attached hydrogens (primary N) is 1. The molecule has 0 saturated heterocycles. The molecule has 4 rings (SSSR count). The van der Waals surface area contributed by atoms with Crippen molar-refractivity contribution in [1.29, 1.82) is 0 Å². The van der Waals surface area contributed by atoms with E-state index < -0.39 is 5.91 Å². The summed E-state index contributed by atoms with van der Waals surface area (Å²) in [5.41, 5.74) is 8.84. The van der Waals surface area contributed by atoms with Gasteiger partial charge in [-0.2, -0.15) is 0 Å². The van der Waals surface area contributed by atoms with Crippen molar-refractivity contribution in [3.05, 3.63) is 88.4 Å². The maximum atomic E-state index is 11.3. The number of para-hydroxylation sites is 2. The zero-order valence-corrected chi connectivity index (χ0v) is 13.8. The molecule has 0 bridgehead atoms. The van der Waals surface area contributed by atoms with E-state index in [2.05, 4.69) is 0 Å². The normalized spacial score (nSPS) is 12.3. The van der Waals surface area contributed by atoms with Crippen LogP contribution in [0, 0.1) is 0 Å². The van der Waals surface area contributed by atoms with Crippen molar-refractivity contribution in [3.8, 4) is 11.5 Å². The molecule has 0 atom stereocenters. The molecule has 2 N–H and O–H groups in total. The van der Waals surface area contributed by atoms with E-state index in [1.165, 1.54) is 0 Å². The molecule has 0 aliphatic carbocycles. The largest absolute Gasteiger partial charge is 0.454 e. The third-order valence-corrected chi connectivity index (χ3v) is 4.19. The summed E-state index contributed by atoms with van der Waals surface area (Å²) in [5, 5.41) is 0.592. The number of aliphatic imine (C=N–C) groups is 1. The third-order valence-electron chi connectivity index (χ3n) is 3.96. The molecule has 3 aromatic carbocycles. The van der Waals surface area contributed by atoms with Crippen LogP contribution in [-0.4, -0.2) is 11.6 Å². The second kappa shape index (κ2) is 6.07. The Morgan fingerprint density at radius 2 is 1.72 bits per heavy atom. The summed E-state index contributed by atoms with van der Waals surface area (Å²) in [6, 6.07) is 20.0. The van der Waals surface area contributed by atoms with E-state index >= 15 is 0 Å². The van der Waals surface area contributed by atoms with Crippen LogP contribution in [0.5, 0.6) is 11.5 Å². The van der Waals surface area contributed by atoms with Gasteiger partial charge in [-0.15, -0.1) is 0 Å². The lowest BCUT2D eigenvalue weighted by Gasteiger charge is -2.10. The molecule has 122 valence electrons. The molecule has 0 fully saturated rings. The topological polar surface area (TPSA) is 64.7 Å². The molecule has 0 unspecified atom stereocenters.